The number of phenols is 1. The van der Waals surface area contributed by atoms with Crippen molar-refractivity contribution in [2.45, 2.75) is 0 Å². The molecule has 0 spiro atoms. The van der Waals surface area contributed by atoms with Gasteiger partial charge in [-0.2, -0.15) is 0 Å². The van der Waals surface area contributed by atoms with E-state index in [4.69, 9.17) is 9.84 Å². The van der Waals surface area contributed by atoms with Crippen molar-refractivity contribution in [1.82, 2.24) is 0 Å². The number of rotatable bonds is 2. The normalized spacial score (nSPS) is 9.64. The Hall–Kier alpha value is -1.78. The van der Waals surface area contributed by atoms with Crippen LogP contribution < -0.4 is 4.74 Å². The average Bonchev–Trinajstić information content (AvgIpc) is 2.20. The van der Waals surface area contributed by atoms with Crippen LogP contribution in [-0.2, 0) is 4.74 Å². The van der Waals surface area contributed by atoms with E-state index < -0.39 is 17.5 Å². The number of esters is 1. The minimum Gasteiger partial charge on any atom is -0.505 e. The van der Waals surface area contributed by atoms with Gasteiger partial charge in [0.15, 0.2) is 11.6 Å². The Balaban J connectivity index is 3.27. The lowest BCUT2D eigenvalue weighted by Crippen LogP contribution is -2.04. The highest BCUT2D eigenvalue weighted by atomic mass is 19.1. The highest BCUT2D eigenvalue weighted by Gasteiger charge is 2.16. The average molecular weight is 200 g/mol. The molecule has 1 rings (SSSR count). The quantitative estimate of drug-likeness (QED) is 0.731. The summed E-state index contributed by atoms with van der Waals surface area (Å²) in [6, 6.07) is 1.88. The maximum absolute atomic E-state index is 12.9. The summed E-state index contributed by atoms with van der Waals surface area (Å²) in [5, 5.41) is 9.00. The summed E-state index contributed by atoms with van der Waals surface area (Å²) in [7, 11) is 2.48. The van der Waals surface area contributed by atoms with Crippen LogP contribution in [-0.4, -0.2) is 25.3 Å². The Bertz CT molecular complexity index is 362. The smallest absolute Gasteiger partial charge is 0.341 e. The number of aromatic hydroxyl groups is 1. The molecule has 0 atom stereocenters. The largest absolute Gasteiger partial charge is 0.505 e. The van der Waals surface area contributed by atoms with Crippen LogP contribution in [0.4, 0.5) is 4.39 Å². The van der Waals surface area contributed by atoms with E-state index in [1.165, 1.54) is 14.2 Å². The molecule has 76 valence electrons. The van der Waals surface area contributed by atoms with Gasteiger partial charge in [-0.15, -0.1) is 0 Å². The molecule has 5 heteroatoms. The molecule has 14 heavy (non-hydrogen) atoms. The zero-order valence-electron chi connectivity index (χ0n) is 7.70. The minimum atomic E-state index is -0.897. The monoisotopic (exact) mass is 200 g/mol. The molecule has 0 aliphatic heterocycles. The van der Waals surface area contributed by atoms with Gasteiger partial charge in [0, 0.05) is 6.07 Å². The van der Waals surface area contributed by atoms with Crippen molar-refractivity contribution in [2.24, 2.45) is 0 Å². The van der Waals surface area contributed by atoms with Gasteiger partial charge in [0.05, 0.1) is 14.2 Å². The summed E-state index contributed by atoms with van der Waals surface area (Å²) in [5.41, 5.74) is -0.0645. The van der Waals surface area contributed by atoms with Crippen molar-refractivity contribution in [3.8, 4) is 11.5 Å². The van der Waals surface area contributed by atoms with Gasteiger partial charge < -0.3 is 14.6 Å². The lowest BCUT2D eigenvalue weighted by molar-refractivity contribution is 0.0596. The Morgan fingerprint density at radius 3 is 2.57 bits per heavy atom. The molecule has 0 fully saturated rings. The van der Waals surface area contributed by atoms with Gasteiger partial charge in [0.25, 0.3) is 0 Å². The first-order chi connectivity index (χ1) is 6.60. The second-order valence-corrected chi connectivity index (χ2v) is 2.50. The Kier molecular flexibility index (Phi) is 2.91. The van der Waals surface area contributed by atoms with Crippen molar-refractivity contribution < 1.29 is 23.8 Å². The SMILES string of the molecule is COC(=O)c1cc(F)c(O)cc1OC. The summed E-state index contributed by atoms with van der Waals surface area (Å²) >= 11 is 0. The molecule has 0 aliphatic carbocycles. The Labute approximate surface area is 79.9 Å². The number of hydrogen-bond acceptors (Lipinski definition) is 4. The molecule has 1 N–H and O–H groups in total. The number of carbonyl (C=O) groups is 1. The fourth-order valence-corrected chi connectivity index (χ4v) is 0.981. The first-order valence-electron chi connectivity index (χ1n) is 3.75. The van der Waals surface area contributed by atoms with E-state index in [-0.39, 0.29) is 11.3 Å². The molecule has 0 heterocycles. The minimum absolute atomic E-state index is 0.0645. The van der Waals surface area contributed by atoms with Crippen molar-refractivity contribution in [1.29, 1.82) is 0 Å². The molecule has 0 saturated heterocycles. The van der Waals surface area contributed by atoms with Gasteiger partial charge in [-0.25, -0.2) is 9.18 Å². The van der Waals surface area contributed by atoms with Crippen molar-refractivity contribution >= 4 is 5.97 Å². The summed E-state index contributed by atoms with van der Waals surface area (Å²) in [5.74, 6) is -2.13. The molecule has 4 nitrogen and oxygen atoms in total. The number of methoxy groups -OCH3 is 2. The van der Waals surface area contributed by atoms with E-state index in [0.29, 0.717) is 0 Å². The third-order valence-corrected chi connectivity index (χ3v) is 1.67. The second kappa shape index (κ2) is 3.95. The lowest BCUT2D eigenvalue weighted by Gasteiger charge is -2.07. The summed E-state index contributed by atoms with van der Waals surface area (Å²) in [6.07, 6.45) is 0. The number of benzene rings is 1. The van der Waals surface area contributed by atoms with Gasteiger partial charge in [-0.1, -0.05) is 0 Å². The van der Waals surface area contributed by atoms with Gasteiger partial charge in [-0.3, -0.25) is 0 Å². The van der Waals surface area contributed by atoms with E-state index in [1.54, 1.807) is 0 Å². The van der Waals surface area contributed by atoms with E-state index >= 15 is 0 Å². The van der Waals surface area contributed by atoms with Crippen LogP contribution in [0.5, 0.6) is 11.5 Å². The van der Waals surface area contributed by atoms with E-state index in [9.17, 15) is 9.18 Å². The summed E-state index contributed by atoms with van der Waals surface area (Å²) in [4.78, 5) is 11.1. The molecule has 0 saturated carbocycles. The topological polar surface area (TPSA) is 55.8 Å². The number of ether oxygens (including phenoxy) is 2. The molecule has 0 amide bonds. The third-order valence-electron chi connectivity index (χ3n) is 1.67. The maximum Gasteiger partial charge on any atom is 0.341 e. The third kappa shape index (κ3) is 1.76. The highest BCUT2D eigenvalue weighted by molar-refractivity contribution is 5.92. The van der Waals surface area contributed by atoms with Crippen LogP contribution in [0.3, 0.4) is 0 Å². The predicted molar refractivity (Wildman–Crippen MR) is 46.0 cm³/mol. The molecule has 0 bridgehead atoms. The van der Waals surface area contributed by atoms with Crippen LogP contribution >= 0.6 is 0 Å². The van der Waals surface area contributed by atoms with Gasteiger partial charge in [0.1, 0.15) is 11.3 Å². The standard InChI is InChI=1S/C9H9FO4/c1-13-8-4-7(11)6(10)3-5(8)9(12)14-2/h3-4,11H,1-2H3. The van der Waals surface area contributed by atoms with E-state index in [2.05, 4.69) is 4.74 Å². The number of phenolic OH excluding ortho intramolecular Hbond substituents is 1. The first-order valence-corrected chi connectivity index (χ1v) is 3.75. The van der Waals surface area contributed by atoms with Gasteiger partial charge in [-0.05, 0) is 6.07 Å². The first kappa shape index (κ1) is 10.3. The molecule has 0 aromatic heterocycles. The molecule has 1 aromatic rings. The maximum atomic E-state index is 12.9. The number of halogens is 1. The molecular weight excluding hydrogens is 191 g/mol. The Morgan fingerprint density at radius 1 is 1.43 bits per heavy atom. The van der Waals surface area contributed by atoms with Crippen LogP contribution in [0, 0.1) is 5.82 Å². The van der Waals surface area contributed by atoms with Crippen molar-refractivity contribution in [2.75, 3.05) is 14.2 Å². The second-order valence-electron chi connectivity index (χ2n) is 2.50. The molecular formula is C9H9FO4. The van der Waals surface area contributed by atoms with Crippen LogP contribution in [0.25, 0.3) is 0 Å². The summed E-state index contributed by atoms with van der Waals surface area (Å²) < 4.78 is 22.1. The van der Waals surface area contributed by atoms with Crippen LogP contribution in [0.1, 0.15) is 10.4 Å². The molecule has 0 radical (unpaired) electrons. The molecule has 0 unspecified atom stereocenters. The van der Waals surface area contributed by atoms with Crippen LogP contribution in [0.15, 0.2) is 12.1 Å². The van der Waals surface area contributed by atoms with Gasteiger partial charge in [0.2, 0.25) is 0 Å². The molecule has 0 aliphatic rings. The fourth-order valence-electron chi connectivity index (χ4n) is 0.981. The van der Waals surface area contributed by atoms with Crippen molar-refractivity contribution in [3.05, 3.63) is 23.5 Å². The number of hydrogen-bond donors (Lipinski definition) is 1. The van der Waals surface area contributed by atoms with E-state index in [0.717, 1.165) is 12.1 Å². The van der Waals surface area contributed by atoms with Crippen molar-refractivity contribution in [3.63, 3.8) is 0 Å². The predicted octanol–water partition coefficient (Wildman–Crippen LogP) is 1.33. The zero-order valence-corrected chi connectivity index (χ0v) is 7.70. The Morgan fingerprint density at radius 2 is 2.07 bits per heavy atom. The molecule has 1 aromatic carbocycles. The highest BCUT2D eigenvalue weighted by Crippen LogP contribution is 2.27. The zero-order chi connectivity index (χ0) is 10.7. The fraction of sp³-hybridized carbons (Fsp3) is 0.222. The summed E-state index contributed by atoms with van der Waals surface area (Å²) in [6.45, 7) is 0. The van der Waals surface area contributed by atoms with Crippen LogP contribution in [0.2, 0.25) is 0 Å². The van der Waals surface area contributed by atoms with Gasteiger partial charge >= 0.3 is 5.97 Å². The number of carbonyl (C=O) groups excluding carboxylic acids is 1. The van der Waals surface area contributed by atoms with E-state index in [1.807, 2.05) is 0 Å². The lowest BCUT2D eigenvalue weighted by atomic mass is 10.2.